The molecule has 0 aliphatic heterocycles. The average Bonchev–Trinajstić information content (AvgIpc) is 2.40. The van der Waals surface area contributed by atoms with Gasteiger partial charge in [-0.05, 0) is 50.0 Å². The molecule has 0 unspecified atom stereocenters. The van der Waals surface area contributed by atoms with E-state index in [4.69, 9.17) is 22.7 Å². The Morgan fingerprint density at radius 1 is 1.32 bits per heavy atom. The second-order valence-electron chi connectivity index (χ2n) is 5.20. The third kappa shape index (κ3) is 3.63. The smallest absolute Gasteiger partial charge is 0.131 e. The van der Waals surface area contributed by atoms with Crippen LogP contribution in [0.15, 0.2) is 23.1 Å². The summed E-state index contributed by atoms with van der Waals surface area (Å²) in [6.07, 6.45) is 7.08. The first-order valence-corrected chi connectivity index (χ1v) is 8.38. The second kappa shape index (κ2) is 6.62. The molecule has 4 heteroatoms. The molecule has 1 aliphatic carbocycles. The van der Waals surface area contributed by atoms with Gasteiger partial charge >= 0.3 is 0 Å². The van der Waals surface area contributed by atoms with Gasteiger partial charge in [0.1, 0.15) is 10.7 Å². The lowest BCUT2D eigenvalue weighted by Gasteiger charge is -2.28. The molecule has 0 bridgehead atoms. The van der Waals surface area contributed by atoms with Crippen molar-refractivity contribution in [3.05, 3.63) is 23.8 Å². The highest BCUT2D eigenvalue weighted by atomic mass is 32.2. The minimum Gasteiger partial charge on any atom is -0.490 e. The largest absolute Gasteiger partial charge is 0.490 e. The highest BCUT2D eigenvalue weighted by Gasteiger charge is 2.21. The van der Waals surface area contributed by atoms with Crippen LogP contribution in [0.2, 0.25) is 0 Å². The third-order valence-electron chi connectivity index (χ3n) is 3.71. The van der Waals surface area contributed by atoms with Crippen LogP contribution in [0.4, 0.5) is 0 Å². The standard InChI is InChI=1S/C15H21NOS2/c1-10-6-8-11(9-7-10)17-12-4-3-5-13(19-2)14(12)15(16)18/h3-5,10-11H,6-9H2,1-2H3,(H2,16,18). The maximum atomic E-state index is 6.16. The molecule has 0 atom stereocenters. The summed E-state index contributed by atoms with van der Waals surface area (Å²) in [7, 11) is 0. The molecular formula is C15H21NOS2. The van der Waals surface area contributed by atoms with Gasteiger partial charge in [-0.3, -0.25) is 0 Å². The molecule has 0 saturated heterocycles. The fraction of sp³-hybridized carbons (Fsp3) is 0.533. The minimum absolute atomic E-state index is 0.307. The predicted octanol–water partition coefficient (Wildman–Crippen LogP) is 4.00. The molecule has 1 fully saturated rings. The zero-order chi connectivity index (χ0) is 13.8. The Kier molecular flexibility index (Phi) is 5.11. The lowest BCUT2D eigenvalue weighted by Crippen LogP contribution is -2.24. The molecule has 1 saturated carbocycles. The fourth-order valence-corrected chi connectivity index (χ4v) is 3.45. The third-order valence-corrected chi connectivity index (χ3v) is 4.69. The van der Waals surface area contributed by atoms with Crippen LogP contribution in [0.5, 0.6) is 5.75 Å². The van der Waals surface area contributed by atoms with Gasteiger partial charge in [-0.1, -0.05) is 25.2 Å². The molecule has 2 N–H and O–H groups in total. The lowest BCUT2D eigenvalue weighted by molar-refractivity contribution is 0.135. The zero-order valence-corrected chi connectivity index (χ0v) is 13.2. The van der Waals surface area contributed by atoms with Gasteiger partial charge < -0.3 is 10.5 Å². The minimum atomic E-state index is 0.307. The van der Waals surface area contributed by atoms with Crippen LogP contribution in [-0.4, -0.2) is 17.3 Å². The fourth-order valence-electron chi connectivity index (χ4n) is 2.55. The quantitative estimate of drug-likeness (QED) is 0.672. The zero-order valence-electron chi connectivity index (χ0n) is 11.5. The van der Waals surface area contributed by atoms with Gasteiger partial charge in [0.25, 0.3) is 0 Å². The molecule has 1 aromatic carbocycles. The van der Waals surface area contributed by atoms with Crippen LogP contribution in [-0.2, 0) is 0 Å². The number of thioether (sulfide) groups is 1. The van der Waals surface area contributed by atoms with Crippen LogP contribution < -0.4 is 10.5 Å². The molecule has 0 radical (unpaired) electrons. The van der Waals surface area contributed by atoms with Crippen molar-refractivity contribution in [1.82, 2.24) is 0 Å². The van der Waals surface area contributed by atoms with Crippen LogP contribution in [0.25, 0.3) is 0 Å². The van der Waals surface area contributed by atoms with E-state index in [2.05, 4.69) is 6.92 Å². The van der Waals surface area contributed by atoms with Gasteiger partial charge in [0.05, 0.1) is 11.7 Å². The van der Waals surface area contributed by atoms with Crippen molar-refractivity contribution in [1.29, 1.82) is 0 Å². The van der Waals surface area contributed by atoms with Gasteiger partial charge in [-0.25, -0.2) is 0 Å². The van der Waals surface area contributed by atoms with E-state index < -0.39 is 0 Å². The Morgan fingerprint density at radius 2 is 2.00 bits per heavy atom. The van der Waals surface area contributed by atoms with E-state index in [9.17, 15) is 0 Å². The molecule has 19 heavy (non-hydrogen) atoms. The molecule has 2 rings (SSSR count). The molecule has 0 heterocycles. The van der Waals surface area contributed by atoms with Crippen molar-refractivity contribution >= 4 is 29.0 Å². The Labute approximate surface area is 125 Å². The van der Waals surface area contributed by atoms with Crippen molar-refractivity contribution in [2.45, 2.75) is 43.6 Å². The molecular weight excluding hydrogens is 274 g/mol. The Hall–Kier alpha value is -0.740. The van der Waals surface area contributed by atoms with Crippen molar-refractivity contribution < 1.29 is 4.74 Å². The van der Waals surface area contributed by atoms with E-state index in [0.29, 0.717) is 11.1 Å². The monoisotopic (exact) mass is 295 g/mol. The van der Waals surface area contributed by atoms with Crippen molar-refractivity contribution in [2.24, 2.45) is 11.7 Å². The van der Waals surface area contributed by atoms with E-state index >= 15 is 0 Å². The number of ether oxygens (including phenoxy) is 1. The second-order valence-corrected chi connectivity index (χ2v) is 6.49. The molecule has 0 amide bonds. The van der Waals surface area contributed by atoms with Crippen molar-refractivity contribution in [3.8, 4) is 5.75 Å². The summed E-state index contributed by atoms with van der Waals surface area (Å²) in [5.74, 6) is 1.67. The SMILES string of the molecule is CSc1cccc(OC2CCC(C)CC2)c1C(N)=S. The van der Waals surface area contributed by atoms with E-state index in [1.54, 1.807) is 11.8 Å². The first kappa shape index (κ1) is 14.7. The first-order chi connectivity index (χ1) is 9.11. The Bertz CT molecular complexity index is 453. The van der Waals surface area contributed by atoms with Gasteiger partial charge in [-0.15, -0.1) is 11.8 Å². The lowest BCUT2D eigenvalue weighted by atomic mass is 9.89. The summed E-state index contributed by atoms with van der Waals surface area (Å²) in [6.45, 7) is 2.31. The van der Waals surface area contributed by atoms with Crippen molar-refractivity contribution in [3.63, 3.8) is 0 Å². The molecule has 1 aliphatic rings. The Morgan fingerprint density at radius 3 is 2.58 bits per heavy atom. The maximum absolute atomic E-state index is 6.16. The van der Waals surface area contributed by atoms with Crippen LogP contribution in [0.1, 0.15) is 38.2 Å². The van der Waals surface area contributed by atoms with Gasteiger partial charge in [0.2, 0.25) is 0 Å². The van der Waals surface area contributed by atoms with Gasteiger partial charge in [-0.2, -0.15) is 0 Å². The van der Waals surface area contributed by atoms with E-state index in [1.165, 1.54) is 12.8 Å². The summed E-state index contributed by atoms with van der Waals surface area (Å²) < 4.78 is 6.16. The van der Waals surface area contributed by atoms with Crippen LogP contribution >= 0.6 is 24.0 Å². The predicted molar refractivity (Wildman–Crippen MR) is 86.2 cm³/mol. The number of hydrogen-bond donors (Lipinski definition) is 1. The molecule has 0 aromatic heterocycles. The number of thiocarbonyl (C=S) groups is 1. The number of rotatable bonds is 4. The first-order valence-electron chi connectivity index (χ1n) is 6.75. The number of nitrogens with two attached hydrogens (primary N) is 1. The van der Waals surface area contributed by atoms with Crippen molar-refractivity contribution in [2.75, 3.05) is 6.26 Å². The van der Waals surface area contributed by atoms with E-state index in [-0.39, 0.29) is 0 Å². The number of hydrogen-bond acceptors (Lipinski definition) is 3. The van der Waals surface area contributed by atoms with Crippen LogP contribution in [0, 0.1) is 5.92 Å². The molecule has 1 aromatic rings. The van der Waals surface area contributed by atoms with E-state index in [0.717, 1.165) is 35.0 Å². The topological polar surface area (TPSA) is 35.2 Å². The summed E-state index contributed by atoms with van der Waals surface area (Å²) in [4.78, 5) is 1.51. The molecule has 2 nitrogen and oxygen atoms in total. The molecule has 0 spiro atoms. The average molecular weight is 295 g/mol. The molecule has 104 valence electrons. The van der Waals surface area contributed by atoms with Gasteiger partial charge in [0, 0.05) is 4.90 Å². The van der Waals surface area contributed by atoms with Gasteiger partial charge in [0.15, 0.2) is 0 Å². The highest BCUT2D eigenvalue weighted by molar-refractivity contribution is 7.98. The summed E-state index contributed by atoms with van der Waals surface area (Å²) >= 11 is 6.83. The summed E-state index contributed by atoms with van der Waals surface area (Å²) in [6, 6.07) is 6.02. The normalized spacial score (nSPS) is 23.1. The summed E-state index contributed by atoms with van der Waals surface area (Å²) in [5.41, 5.74) is 6.75. The van der Waals surface area contributed by atoms with Crippen LogP contribution in [0.3, 0.4) is 0 Å². The highest BCUT2D eigenvalue weighted by Crippen LogP contribution is 2.32. The Balaban J connectivity index is 2.17. The van der Waals surface area contributed by atoms with E-state index in [1.807, 2.05) is 24.5 Å². The summed E-state index contributed by atoms with van der Waals surface area (Å²) in [5, 5.41) is 0. The number of benzene rings is 1. The maximum Gasteiger partial charge on any atom is 0.131 e.